The molecule has 0 aromatic heterocycles. The average molecular weight is 320 g/mol. The smallest absolute Gasteiger partial charge is 0.257 e. The van der Waals surface area contributed by atoms with Crippen LogP contribution in [-0.4, -0.2) is 20.4 Å². The monoisotopic (exact) mass is 320 g/mol. The number of halogens is 2. The summed E-state index contributed by atoms with van der Waals surface area (Å²) in [4.78, 5) is 11.1. The minimum Gasteiger partial charge on any atom is -0.349 e. The minimum atomic E-state index is -4.38. The van der Waals surface area contributed by atoms with E-state index in [9.17, 15) is 22.0 Å². The summed E-state index contributed by atoms with van der Waals surface area (Å²) < 4.78 is 50.2. The topological polar surface area (TPSA) is 89.3 Å². The molecule has 0 heterocycles. The highest BCUT2D eigenvalue weighted by Gasteiger charge is 2.28. The third-order valence-electron chi connectivity index (χ3n) is 3.24. The molecule has 0 aliphatic carbocycles. The average Bonchev–Trinajstić information content (AvgIpc) is 2.25. The van der Waals surface area contributed by atoms with Crippen LogP contribution < -0.4 is 10.5 Å². The fourth-order valence-corrected chi connectivity index (χ4v) is 2.06. The van der Waals surface area contributed by atoms with Gasteiger partial charge in [0.15, 0.2) is 5.82 Å². The molecule has 0 bridgehead atoms. The van der Waals surface area contributed by atoms with Gasteiger partial charge in [-0.2, -0.15) is 0 Å². The fourth-order valence-electron chi connectivity index (χ4n) is 1.45. The molecule has 1 rings (SSSR count). The second kappa shape index (κ2) is 5.69. The molecule has 0 saturated heterocycles. The van der Waals surface area contributed by atoms with Crippen LogP contribution in [0.4, 0.5) is 8.78 Å². The Morgan fingerprint density at radius 1 is 1.29 bits per heavy atom. The second-order valence-corrected chi connectivity index (χ2v) is 7.37. The molecule has 0 spiro atoms. The van der Waals surface area contributed by atoms with Crippen LogP contribution in [0, 0.1) is 17.0 Å². The molecule has 1 aromatic carbocycles. The molecule has 0 radical (unpaired) electrons. The molecule has 0 aliphatic heterocycles. The Kier molecular flexibility index (Phi) is 4.74. The van der Waals surface area contributed by atoms with Gasteiger partial charge in [0.05, 0.1) is 0 Å². The van der Waals surface area contributed by atoms with Crippen LogP contribution in [-0.2, 0) is 10.0 Å². The number of nitrogens with two attached hydrogens (primary N) is 1. The summed E-state index contributed by atoms with van der Waals surface area (Å²) >= 11 is 0. The first-order chi connectivity index (χ1) is 9.35. The van der Waals surface area contributed by atoms with Gasteiger partial charge in [-0.15, -0.1) is 0 Å². The molecule has 0 fully saturated rings. The number of amides is 1. The van der Waals surface area contributed by atoms with Crippen molar-refractivity contribution in [3.05, 3.63) is 29.3 Å². The van der Waals surface area contributed by atoms with Crippen molar-refractivity contribution >= 4 is 15.9 Å². The van der Waals surface area contributed by atoms with Crippen LogP contribution in [0.5, 0.6) is 0 Å². The van der Waals surface area contributed by atoms with Gasteiger partial charge in [0.2, 0.25) is 10.0 Å². The largest absolute Gasteiger partial charge is 0.349 e. The van der Waals surface area contributed by atoms with Crippen LogP contribution in [0.15, 0.2) is 17.0 Å². The van der Waals surface area contributed by atoms with Crippen LogP contribution in [0.3, 0.4) is 0 Å². The third kappa shape index (κ3) is 3.98. The van der Waals surface area contributed by atoms with Crippen molar-refractivity contribution in [2.75, 3.05) is 0 Å². The molecule has 0 saturated carbocycles. The molecule has 3 N–H and O–H groups in total. The second-order valence-electron chi connectivity index (χ2n) is 5.84. The predicted molar refractivity (Wildman–Crippen MR) is 74.1 cm³/mol. The molecule has 0 aliphatic rings. The van der Waals surface area contributed by atoms with Crippen molar-refractivity contribution in [2.24, 2.45) is 10.6 Å². The van der Waals surface area contributed by atoms with Gasteiger partial charge in [-0.25, -0.2) is 22.3 Å². The maximum atomic E-state index is 14.1. The summed E-state index contributed by atoms with van der Waals surface area (Å²) in [5.74, 6) is -3.67. The summed E-state index contributed by atoms with van der Waals surface area (Å²) in [7, 11) is -4.38. The zero-order valence-corrected chi connectivity index (χ0v) is 13.0. The lowest BCUT2D eigenvalue weighted by Gasteiger charge is -2.28. The lowest BCUT2D eigenvalue weighted by Crippen LogP contribution is -2.42. The summed E-state index contributed by atoms with van der Waals surface area (Å²) in [5.41, 5.74) is -1.29. The number of sulfonamides is 1. The zero-order valence-electron chi connectivity index (χ0n) is 12.2. The summed E-state index contributed by atoms with van der Waals surface area (Å²) in [5, 5.41) is 7.27. The van der Waals surface area contributed by atoms with E-state index in [1.807, 2.05) is 20.8 Å². The van der Waals surface area contributed by atoms with E-state index >= 15 is 0 Å². The summed E-state index contributed by atoms with van der Waals surface area (Å²) in [6.45, 7) is 7.19. The molecule has 8 heteroatoms. The van der Waals surface area contributed by atoms with Crippen molar-refractivity contribution in [3.8, 4) is 0 Å². The van der Waals surface area contributed by atoms with E-state index in [0.29, 0.717) is 12.1 Å². The molecule has 21 heavy (non-hydrogen) atoms. The van der Waals surface area contributed by atoms with E-state index < -0.39 is 38.0 Å². The van der Waals surface area contributed by atoms with Gasteiger partial charge in [-0.3, -0.25) is 4.79 Å². The summed E-state index contributed by atoms with van der Waals surface area (Å²) in [6.07, 6.45) is 0. The minimum absolute atomic E-state index is 0.333. The van der Waals surface area contributed by atoms with E-state index in [1.165, 1.54) is 0 Å². The Labute approximate surface area is 122 Å². The fraction of sp³-hybridized carbons (Fsp3) is 0.462. The number of benzene rings is 1. The molecular weight excluding hydrogens is 302 g/mol. The Morgan fingerprint density at radius 2 is 1.81 bits per heavy atom. The van der Waals surface area contributed by atoms with Crippen molar-refractivity contribution in [2.45, 2.75) is 38.6 Å². The number of hydrogen-bond acceptors (Lipinski definition) is 3. The molecule has 1 atom stereocenters. The van der Waals surface area contributed by atoms with E-state index in [1.54, 1.807) is 6.92 Å². The summed E-state index contributed by atoms with van der Waals surface area (Å²) in [6, 6.07) is 0.991. The number of carbonyl (C=O) groups excluding carboxylic acids is 1. The SMILES string of the molecule is CC(NC(=O)c1c(F)ccc(S(N)(=O)=O)c1F)C(C)(C)C. The first-order valence-corrected chi connectivity index (χ1v) is 7.72. The van der Waals surface area contributed by atoms with Crippen molar-refractivity contribution in [3.63, 3.8) is 0 Å². The lowest BCUT2D eigenvalue weighted by atomic mass is 9.88. The predicted octanol–water partition coefficient (Wildman–Crippen LogP) is 1.78. The maximum Gasteiger partial charge on any atom is 0.257 e. The van der Waals surface area contributed by atoms with Gasteiger partial charge in [-0.1, -0.05) is 20.8 Å². The quantitative estimate of drug-likeness (QED) is 0.889. The van der Waals surface area contributed by atoms with Crippen LogP contribution in [0.1, 0.15) is 38.1 Å². The van der Waals surface area contributed by atoms with Gasteiger partial charge >= 0.3 is 0 Å². The molecule has 118 valence electrons. The van der Waals surface area contributed by atoms with Crippen molar-refractivity contribution < 1.29 is 22.0 Å². The number of hydrogen-bond donors (Lipinski definition) is 2. The molecule has 1 unspecified atom stereocenters. The van der Waals surface area contributed by atoms with Crippen molar-refractivity contribution in [1.29, 1.82) is 0 Å². The van der Waals surface area contributed by atoms with Crippen molar-refractivity contribution in [1.82, 2.24) is 5.32 Å². The van der Waals surface area contributed by atoms with Gasteiger partial charge in [0, 0.05) is 6.04 Å². The maximum absolute atomic E-state index is 14.1. The highest BCUT2D eigenvalue weighted by Crippen LogP contribution is 2.22. The third-order valence-corrected chi connectivity index (χ3v) is 4.16. The lowest BCUT2D eigenvalue weighted by molar-refractivity contribution is 0.0901. The first-order valence-electron chi connectivity index (χ1n) is 6.17. The molecule has 5 nitrogen and oxygen atoms in total. The van der Waals surface area contributed by atoms with Crippen LogP contribution >= 0.6 is 0 Å². The molecule has 1 amide bonds. The Hall–Kier alpha value is -1.54. The normalized spacial score (nSPS) is 13.9. The molecular formula is C13H18F2N2O3S. The van der Waals surface area contributed by atoms with E-state index in [-0.39, 0.29) is 11.5 Å². The first kappa shape index (κ1) is 17.5. The Balaban J connectivity index is 3.28. The Bertz CT molecular complexity index is 667. The highest BCUT2D eigenvalue weighted by atomic mass is 32.2. The van der Waals surface area contributed by atoms with Gasteiger partial charge in [0.1, 0.15) is 16.3 Å². The van der Waals surface area contributed by atoms with Gasteiger partial charge < -0.3 is 5.32 Å². The molecule has 1 aromatic rings. The number of rotatable bonds is 3. The Morgan fingerprint density at radius 3 is 2.24 bits per heavy atom. The van der Waals surface area contributed by atoms with E-state index in [0.717, 1.165) is 0 Å². The van der Waals surface area contributed by atoms with Crippen LogP contribution in [0.25, 0.3) is 0 Å². The number of carbonyl (C=O) groups is 1. The highest BCUT2D eigenvalue weighted by molar-refractivity contribution is 7.89. The van der Waals surface area contributed by atoms with Crippen LogP contribution in [0.2, 0.25) is 0 Å². The van der Waals surface area contributed by atoms with E-state index in [4.69, 9.17) is 5.14 Å². The standard InChI is InChI=1S/C13H18F2N2O3S/c1-7(13(2,3)4)17-12(18)10-8(14)5-6-9(11(10)15)21(16,19)20/h5-7H,1-4H3,(H,17,18)(H2,16,19,20). The zero-order chi connectivity index (χ0) is 16.6. The van der Waals surface area contributed by atoms with E-state index in [2.05, 4.69) is 5.32 Å². The number of nitrogens with one attached hydrogen (secondary N) is 1. The number of primary sulfonamides is 1. The van der Waals surface area contributed by atoms with Gasteiger partial charge in [0.25, 0.3) is 5.91 Å². The van der Waals surface area contributed by atoms with Gasteiger partial charge in [-0.05, 0) is 24.5 Å².